The second-order valence-electron chi connectivity index (χ2n) is 6.83. The van der Waals surface area contributed by atoms with E-state index in [-0.39, 0.29) is 5.60 Å². The minimum absolute atomic E-state index is 0.212. The van der Waals surface area contributed by atoms with E-state index in [1.807, 2.05) is 0 Å². The van der Waals surface area contributed by atoms with Gasteiger partial charge in [0.1, 0.15) is 0 Å². The first kappa shape index (κ1) is 15.1. The third-order valence-corrected chi connectivity index (χ3v) is 5.29. The molecule has 0 radical (unpaired) electrons. The normalized spacial score (nSPS) is 26.0. The summed E-state index contributed by atoms with van der Waals surface area (Å²) in [6, 6.07) is 11.5. The van der Waals surface area contributed by atoms with E-state index in [4.69, 9.17) is 4.74 Å². The molecule has 0 aromatic heterocycles. The first-order valence-corrected chi connectivity index (χ1v) is 8.75. The van der Waals surface area contributed by atoms with Gasteiger partial charge in [0.2, 0.25) is 0 Å². The van der Waals surface area contributed by atoms with Crippen molar-refractivity contribution in [2.24, 2.45) is 5.92 Å². The summed E-state index contributed by atoms with van der Waals surface area (Å²) in [7, 11) is 0. The van der Waals surface area contributed by atoms with Crippen molar-refractivity contribution in [2.75, 3.05) is 13.2 Å². The molecule has 1 aliphatic carbocycles. The minimum Gasteiger partial charge on any atom is -0.375 e. The third kappa shape index (κ3) is 3.49. The summed E-state index contributed by atoms with van der Waals surface area (Å²) >= 11 is 0. The van der Waals surface area contributed by atoms with Crippen LogP contribution in [0.3, 0.4) is 0 Å². The molecule has 1 spiro atoms. The van der Waals surface area contributed by atoms with Gasteiger partial charge in [0.25, 0.3) is 0 Å². The van der Waals surface area contributed by atoms with E-state index < -0.39 is 0 Å². The first-order valence-electron chi connectivity index (χ1n) is 8.75. The molecule has 116 valence electrons. The van der Waals surface area contributed by atoms with Crippen LogP contribution in [0, 0.1) is 5.92 Å². The lowest BCUT2D eigenvalue weighted by Crippen LogP contribution is -2.42. The van der Waals surface area contributed by atoms with Gasteiger partial charge in [0, 0.05) is 12.6 Å². The summed E-state index contributed by atoms with van der Waals surface area (Å²) in [5.74, 6) is 0.714. The van der Waals surface area contributed by atoms with Gasteiger partial charge in [-0.05, 0) is 50.1 Å². The smallest absolute Gasteiger partial charge is 0.0686 e. The summed E-state index contributed by atoms with van der Waals surface area (Å²) < 4.78 is 6.22. The average Bonchev–Trinajstić information content (AvgIpc) is 2.97. The molecule has 0 amide bonds. The van der Waals surface area contributed by atoms with Crippen molar-refractivity contribution in [1.29, 1.82) is 0 Å². The Morgan fingerprint density at radius 2 is 2.00 bits per heavy atom. The molecule has 1 N–H and O–H groups in total. The summed E-state index contributed by atoms with van der Waals surface area (Å²) in [5.41, 5.74) is 1.66. The van der Waals surface area contributed by atoms with Crippen LogP contribution >= 0.6 is 0 Å². The fourth-order valence-corrected chi connectivity index (χ4v) is 4.23. The molecule has 1 saturated heterocycles. The van der Waals surface area contributed by atoms with Crippen LogP contribution in [0.15, 0.2) is 30.3 Å². The molecule has 1 aromatic rings. The SMILES string of the molecule is CCCNC(c1ccccc1)C1CCOC2(CCCC2)C1. The molecule has 2 heteroatoms. The molecular weight excluding hydrogens is 258 g/mol. The Balaban J connectivity index is 1.75. The van der Waals surface area contributed by atoms with Crippen LogP contribution in [-0.2, 0) is 4.74 Å². The molecule has 0 bridgehead atoms. The van der Waals surface area contributed by atoms with Gasteiger partial charge in [-0.2, -0.15) is 0 Å². The Morgan fingerprint density at radius 3 is 2.71 bits per heavy atom. The monoisotopic (exact) mass is 287 g/mol. The lowest BCUT2D eigenvalue weighted by atomic mass is 9.78. The highest BCUT2D eigenvalue weighted by atomic mass is 16.5. The molecular formula is C19H29NO. The molecule has 2 unspecified atom stereocenters. The van der Waals surface area contributed by atoms with Crippen molar-refractivity contribution < 1.29 is 4.74 Å². The van der Waals surface area contributed by atoms with Crippen molar-refractivity contribution >= 4 is 0 Å². The average molecular weight is 287 g/mol. The molecule has 2 aliphatic rings. The maximum Gasteiger partial charge on any atom is 0.0686 e. The van der Waals surface area contributed by atoms with Gasteiger partial charge < -0.3 is 10.1 Å². The number of nitrogens with one attached hydrogen (secondary N) is 1. The van der Waals surface area contributed by atoms with E-state index in [1.54, 1.807) is 0 Å². The van der Waals surface area contributed by atoms with Crippen molar-refractivity contribution in [1.82, 2.24) is 5.32 Å². The molecule has 21 heavy (non-hydrogen) atoms. The third-order valence-electron chi connectivity index (χ3n) is 5.29. The Hall–Kier alpha value is -0.860. The van der Waals surface area contributed by atoms with Gasteiger partial charge in [-0.1, -0.05) is 50.1 Å². The molecule has 3 rings (SSSR count). The molecule has 1 aromatic carbocycles. The quantitative estimate of drug-likeness (QED) is 0.863. The summed E-state index contributed by atoms with van der Waals surface area (Å²) in [4.78, 5) is 0. The Kier molecular flexibility index (Phi) is 4.97. The number of hydrogen-bond donors (Lipinski definition) is 1. The number of rotatable bonds is 5. The predicted molar refractivity (Wildman–Crippen MR) is 87.4 cm³/mol. The first-order chi connectivity index (χ1) is 10.3. The highest BCUT2D eigenvalue weighted by Crippen LogP contribution is 2.45. The topological polar surface area (TPSA) is 21.3 Å². The molecule has 2 nitrogen and oxygen atoms in total. The Bertz CT molecular complexity index is 424. The molecule has 2 fully saturated rings. The number of hydrogen-bond acceptors (Lipinski definition) is 2. The van der Waals surface area contributed by atoms with Gasteiger partial charge in [0.15, 0.2) is 0 Å². The molecule has 1 heterocycles. The highest BCUT2D eigenvalue weighted by molar-refractivity contribution is 5.20. The van der Waals surface area contributed by atoms with Gasteiger partial charge >= 0.3 is 0 Å². The van der Waals surface area contributed by atoms with Crippen LogP contribution in [0.1, 0.15) is 63.5 Å². The van der Waals surface area contributed by atoms with Crippen molar-refractivity contribution in [2.45, 2.75) is 63.5 Å². The molecule has 1 aliphatic heterocycles. The Labute approximate surface area is 129 Å². The largest absolute Gasteiger partial charge is 0.375 e. The van der Waals surface area contributed by atoms with Crippen molar-refractivity contribution in [3.05, 3.63) is 35.9 Å². The van der Waals surface area contributed by atoms with E-state index in [1.165, 1.54) is 50.5 Å². The predicted octanol–water partition coefficient (Wildman–Crippen LogP) is 4.47. The lowest BCUT2D eigenvalue weighted by molar-refractivity contribution is -0.0982. The second-order valence-corrected chi connectivity index (χ2v) is 6.83. The summed E-state index contributed by atoms with van der Waals surface area (Å²) in [6.07, 6.45) is 8.88. The van der Waals surface area contributed by atoms with E-state index in [9.17, 15) is 0 Å². The number of ether oxygens (including phenoxy) is 1. The van der Waals surface area contributed by atoms with Crippen LogP contribution in [-0.4, -0.2) is 18.8 Å². The lowest BCUT2D eigenvalue weighted by Gasteiger charge is -2.41. The van der Waals surface area contributed by atoms with E-state index in [0.29, 0.717) is 12.0 Å². The van der Waals surface area contributed by atoms with Crippen LogP contribution in [0.4, 0.5) is 0 Å². The maximum absolute atomic E-state index is 6.22. The van der Waals surface area contributed by atoms with Crippen LogP contribution in [0.2, 0.25) is 0 Å². The zero-order valence-electron chi connectivity index (χ0n) is 13.3. The van der Waals surface area contributed by atoms with E-state index in [2.05, 4.69) is 42.6 Å². The van der Waals surface area contributed by atoms with Crippen molar-refractivity contribution in [3.63, 3.8) is 0 Å². The summed E-state index contributed by atoms with van der Waals surface area (Å²) in [6.45, 7) is 4.29. The minimum atomic E-state index is 0.212. The fourth-order valence-electron chi connectivity index (χ4n) is 4.23. The summed E-state index contributed by atoms with van der Waals surface area (Å²) in [5, 5.41) is 3.81. The molecule has 1 saturated carbocycles. The standard InChI is InChI=1S/C19H29NO/c1-2-13-20-18(16-8-4-3-5-9-16)17-10-14-21-19(15-17)11-6-7-12-19/h3-5,8-9,17-18,20H,2,6-7,10-15H2,1H3. The molecule has 2 atom stereocenters. The fraction of sp³-hybridized carbons (Fsp3) is 0.684. The van der Waals surface area contributed by atoms with Crippen LogP contribution < -0.4 is 5.32 Å². The van der Waals surface area contributed by atoms with E-state index in [0.717, 1.165) is 13.2 Å². The zero-order chi connectivity index (χ0) is 14.5. The van der Waals surface area contributed by atoms with Crippen LogP contribution in [0.5, 0.6) is 0 Å². The van der Waals surface area contributed by atoms with Gasteiger partial charge in [-0.15, -0.1) is 0 Å². The van der Waals surface area contributed by atoms with Crippen LogP contribution in [0.25, 0.3) is 0 Å². The number of benzene rings is 1. The maximum atomic E-state index is 6.22. The highest BCUT2D eigenvalue weighted by Gasteiger charge is 2.42. The van der Waals surface area contributed by atoms with E-state index >= 15 is 0 Å². The Morgan fingerprint density at radius 1 is 1.24 bits per heavy atom. The zero-order valence-corrected chi connectivity index (χ0v) is 13.3. The second kappa shape index (κ2) is 6.93. The van der Waals surface area contributed by atoms with Gasteiger partial charge in [-0.3, -0.25) is 0 Å². The van der Waals surface area contributed by atoms with Gasteiger partial charge in [-0.25, -0.2) is 0 Å². The van der Waals surface area contributed by atoms with Gasteiger partial charge in [0.05, 0.1) is 5.60 Å². The van der Waals surface area contributed by atoms with Crippen molar-refractivity contribution in [3.8, 4) is 0 Å².